The van der Waals surface area contributed by atoms with Crippen molar-refractivity contribution in [2.45, 2.75) is 19.4 Å². The van der Waals surface area contributed by atoms with Crippen molar-refractivity contribution in [3.05, 3.63) is 29.8 Å². The number of nitrogens with zero attached hydrogens (tertiary/aromatic N) is 1. The summed E-state index contributed by atoms with van der Waals surface area (Å²) in [5.74, 6) is 0. The number of benzene rings is 1. The van der Waals surface area contributed by atoms with Crippen LogP contribution in [0.25, 0.3) is 0 Å². The van der Waals surface area contributed by atoms with Gasteiger partial charge >= 0.3 is 0 Å². The second-order valence-electron chi connectivity index (χ2n) is 3.66. The molecule has 1 unspecified atom stereocenters. The van der Waals surface area contributed by atoms with Crippen LogP contribution < -0.4 is 4.90 Å². The van der Waals surface area contributed by atoms with E-state index in [0.29, 0.717) is 6.54 Å². The van der Waals surface area contributed by atoms with Crippen molar-refractivity contribution in [2.24, 2.45) is 0 Å². The number of anilines is 1. The minimum absolute atomic E-state index is 0.149. The average molecular weight is 209 g/mol. The lowest BCUT2D eigenvalue weighted by Crippen LogP contribution is -2.20. The highest BCUT2D eigenvalue weighted by Crippen LogP contribution is 2.20. The van der Waals surface area contributed by atoms with Crippen molar-refractivity contribution in [1.82, 2.24) is 0 Å². The van der Waals surface area contributed by atoms with Gasteiger partial charge in [-0.3, -0.25) is 0 Å². The molecule has 1 atom stereocenters. The van der Waals surface area contributed by atoms with Gasteiger partial charge in [0.05, 0.1) is 12.7 Å². The third-order valence-corrected chi connectivity index (χ3v) is 2.54. The molecule has 0 spiro atoms. The van der Waals surface area contributed by atoms with E-state index in [9.17, 15) is 5.11 Å². The number of hydrogen-bond acceptors (Lipinski definition) is 3. The maximum atomic E-state index is 9.61. The number of rotatable bonds is 5. The van der Waals surface area contributed by atoms with E-state index < -0.39 is 0 Å². The number of aliphatic hydroxyl groups excluding tert-OH is 2. The molecule has 0 fully saturated rings. The SMILES string of the molecule is CCC(O)c1ccc(N(C)CCO)cc1. The Bertz CT molecular complexity index is 284. The Morgan fingerprint density at radius 3 is 2.33 bits per heavy atom. The fourth-order valence-corrected chi connectivity index (χ4v) is 1.47. The molecule has 0 bridgehead atoms. The molecular weight excluding hydrogens is 190 g/mol. The molecule has 0 heterocycles. The van der Waals surface area contributed by atoms with Gasteiger partial charge in [0.1, 0.15) is 0 Å². The summed E-state index contributed by atoms with van der Waals surface area (Å²) in [6, 6.07) is 7.78. The molecule has 15 heavy (non-hydrogen) atoms. The molecule has 0 saturated heterocycles. The molecule has 0 aliphatic carbocycles. The lowest BCUT2D eigenvalue weighted by molar-refractivity contribution is 0.173. The monoisotopic (exact) mass is 209 g/mol. The fraction of sp³-hybridized carbons (Fsp3) is 0.500. The molecule has 1 aromatic rings. The largest absolute Gasteiger partial charge is 0.395 e. The van der Waals surface area contributed by atoms with E-state index in [1.54, 1.807) is 0 Å². The first-order valence-corrected chi connectivity index (χ1v) is 5.29. The number of hydrogen-bond donors (Lipinski definition) is 2. The van der Waals surface area contributed by atoms with Crippen LogP contribution in [-0.4, -0.2) is 30.4 Å². The van der Waals surface area contributed by atoms with Crippen LogP contribution in [-0.2, 0) is 0 Å². The molecule has 0 amide bonds. The standard InChI is InChI=1S/C12H19NO2/c1-3-12(15)10-4-6-11(7-5-10)13(2)8-9-14/h4-7,12,14-15H,3,8-9H2,1-2H3. The smallest absolute Gasteiger partial charge is 0.0787 e. The maximum absolute atomic E-state index is 9.61. The molecule has 0 aliphatic heterocycles. The van der Waals surface area contributed by atoms with Crippen LogP contribution in [0.3, 0.4) is 0 Å². The Labute approximate surface area is 91.0 Å². The van der Waals surface area contributed by atoms with Gasteiger partial charge in [-0.2, -0.15) is 0 Å². The lowest BCUT2D eigenvalue weighted by Gasteiger charge is -2.18. The van der Waals surface area contributed by atoms with Crippen LogP contribution in [0.1, 0.15) is 25.0 Å². The van der Waals surface area contributed by atoms with Gasteiger partial charge in [-0.25, -0.2) is 0 Å². The van der Waals surface area contributed by atoms with Gasteiger partial charge in [0.25, 0.3) is 0 Å². The van der Waals surface area contributed by atoms with Gasteiger partial charge in [0.2, 0.25) is 0 Å². The summed E-state index contributed by atoms with van der Waals surface area (Å²) in [4.78, 5) is 1.97. The summed E-state index contributed by atoms with van der Waals surface area (Å²) >= 11 is 0. The van der Waals surface area contributed by atoms with E-state index >= 15 is 0 Å². The molecule has 0 saturated carbocycles. The van der Waals surface area contributed by atoms with E-state index in [4.69, 9.17) is 5.11 Å². The molecule has 3 heteroatoms. The average Bonchev–Trinajstić information content (AvgIpc) is 2.28. The minimum atomic E-state index is -0.373. The predicted octanol–water partition coefficient (Wildman–Crippen LogP) is 1.56. The molecule has 1 aromatic carbocycles. The molecule has 0 aromatic heterocycles. The van der Waals surface area contributed by atoms with Gasteiger partial charge in [-0.15, -0.1) is 0 Å². The van der Waals surface area contributed by atoms with E-state index in [2.05, 4.69) is 0 Å². The van der Waals surface area contributed by atoms with Crippen molar-refractivity contribution in [3.63, 3.8) is 0 Å². The second-order valence-corrected chi connectivity index (χ2v) is 3.66. The Balaban J connectivity index is 2.71. The lowest BCUT2D eigenvalue weighted by atomic mass is 10.1. The normalized spacial score (nSPS) is 12.5. The summed E-state index contributed by atoms with van der Waals surface area (Å²) in [6.07, 6.45) is 0.355. The zero-order chi connectivity index (χ0) is 11.3. The summed E-state index contributed by atoms with van der Waals surface area (Å²) in [5.41, 5.74) is 2.00. The first-order valence-electron chi connectivity index (χ1n) is 5.29. The van der Waals surface area contributed by atoms with Crippen LogP contribution in [0.4, 0.5) is 5.69 Å². The van der Waals surface area contributed by atoms with Gasteiger partial charge in [-0.1, -0.05) is 19.1 Å². The minimum Gasteiger partial charge on any atom is -0.395 e. The second kappa shape index (κ2) is 5.73. The van der Waals surface area contributed by atoms with Crippen LogP contribution in [0.2, 0.25) is 0 Å². The summed E-state index contributed by atoms with van der Waals surface area (Å²) in [6.45, 7) is 2.72. The molecule has 2 N–H and O–H groups in total. The topological polar surface area (TPSA) is 43.7 Å². The molecular formula is C12H19NO2. The van der Waals surface area contributed by atoms with E-state index in [-0.39, 0.29) is 12.7 Å². The first-order chi connectivity index (χ1) is 7.19. The predicted molar refractivity (Wildman–Crippen MR) is 62.0 cm³/mol. The van der Waals surface area contributed by atoms with Crippen molar-refractivity contribution >= 4 is 5.69 Å². The highest BCUT2D eigenvalue weighted by Gasteiger charge is 2.05. The molecule has 1 rings (SSSR count). The zero-order valence-corrected chi connectivity index (χ0v) is 9.35. The molecule has 0 radical (unpaired) electrons. The van der Waals surface area contributed by atoms with Crippen LogP contribution >= 0.6 is 0 Å². The van der Waals surface area contributed by atoms with Crippen LogP contribution in [0.5, 0.6) is 0 Å². The number of aliphatic hydroxyl groups is 2. The maximum Gasteiger partial charge on any atom is 0.0787 e. The Hall–Kier alpha value is -1.06. The van der Waals surface area contributed by atoms with Crippen molar-refractivity contribution in [1.29, 1.82) is 0 Å². The van der Waals surface area contributed by atoms with Crippen LogP contribution in [0, 0.1) is 0 Å². The molecule has 3 nitrogen and oxygen atoms in total. The first kappa shape index (κ1) is 12.0. The summed E-state index contributed by atoms with van der Waals surface area (Å²) < 4.78 is 0. The van der Waals surface area contributed by atoms with Crippen molar-refractivity contribution < 1.29 is 10.2 Å². The summed E-state index contributed by atoms with van der Waals surface area (Å²) in [7, 11) is 1.93. The van der Waals surface area contributed by atoms with Gasteiger partial charge < -0.3 is 15.1 Å². The van der Waals surface area contributed by atoms with Gasteiger partial charge in [-0.05, 0) is 24.1 Å². The third-order valence-electron chi connectivity index (χ3n) is 2.54. The Morgan fingerprint density at radius 2 is 1.87 bits per heavy atom. The highest BCUT2D eigenvalue weighted by atomic mass is 16.3. The van der Waals surface area contributed by atoms with Crippen molar-refractivity contribution in [3.8, 4) is 0 Å². The quantitative estimate of drug-likeness (QED) is 0.773. The zero-order valence-electron chi connectivity index (χ0n) is 9.35. The molecule has 84 valence electrons. The Morgan fingerprint density at radius 1 is 1.27 bits per heavy atom. The van der Waals surface area contributed by atoms with E-state index in [1.165, 1.54) is 0 Å². The summed E-state index contributed by atoms with van der Waals surface area (Å²) in [5, 5.41) is 18.4. The van der Waals surface area contributed by atoms with E-state index in [1.807, 2.05) is 43.1 Å². The molecule has 0 aliphatic rings. The van der Waals surface area contributed by atoms with Gasteiger partial charge in [0, 0.05) is 19.3 Å². The van der Waals surface area contributed by atoms with E-state index in [0.717, 1.165) is 17.7 Å². The van der Waals surface area contributed by atoms with Crippen LogP contribution in [0.15, 0.2) is 24.3 Å². The van der Waals surface area contributed by atoms with Gasteiger partial charge in [0.15, 0.2) is 0 Å². The third kappa shape index (κ3) is 3.22. The van der Waals surface area contributed by atoms with Crippen molar-refractivity contribution in [2.75, 3.05) is 25.1 Å². The highest BCUT2D eigenvalue weighted by molar-refractivity contribution is 5.47. The Kier molecular flexibility index (Phi) is 4.59. The fourth-order valence-electron chi connectivity index (χ4n) is 1.47. The number of likely N-dealkylation sites (N-methyl/N-ethyl adjacent to an activating group) is 1.